The summed E-state index contributed by atoms with van der Waals surface area (Å²) < 4.78 is 28.7. The summed E-state index contributed by atoms with van der Waals surface area (Å²) in [4.78, 5) is 18.5. The van der Waals surface area contributed by atoms with Crippen molar-refractivity contribution in [3.63, 3.8) is 0 Å². The van der Waals surface area contributed by atoms with E-state index in [9.17, 15) is 13.6 Å². The Bertz CT molecular complexity index is 830. The lowest BCUT2D eigenvalue weighted by molar-refractivity contribution is -0.125. The van der Waals surface area contributed by atoms with Crippen LogP contribution in [0.3, 0.4) is 0 Å². The molecular weight excluding hydrogens is 326 g/mol. The summed E-state index contributed by atoms with van der Waals surface area (Å²) in [6.45, 7) is 2.50. The van der Waals surface area contributed by atoms with Crippen LogP contribution in [-0.2, 0) is 11.8 Å². The van der Waals surface area contributed by atoms with Crippen molar-refractivity contribution in [3.05, 3.63) is 59.7 Å². The first-order valence-electron chi connectivity index (χ1n) is 8.01. The van der Waals surface area contributed by atoms with E-state index in [-0.39, 0.29) is 23.4 Å². The Kier molecular flexibility index (Phi) is 4.67. The maximum atomic E-state index is 13.8. The number of hydrogen-bond donors (Lipinski definition) is 1. The van der Waals surface area contributed by atoms with Crippen LogP contribution in [0.5, 0.6) is 0 Å². The highest BCUT2D eigenvalue weighted by atomic mass is 19.1. The van der Waals surface area contributed by atoms with Gasteiger partial charge in [-0.1, -0.05) is 0 Å². The Morgan fingerprint density at radius 2 is 2.12 bits per heavy atom. The van der Waals surface area contributed by atoms with E-state index in [0.29, 0.717) is 18.7 Å². The molecular formula is C18H20F2N4O. The van der Waals surface area contributed by atoms with Gasteiger partial charge in [-0.25, -0.2) is 13.8 Å². The molecule has 1 fully saturated rings. The molecule has 0 unspecified atom stereocenters. The quantitative estimate of drug-likeness (QED) is 0.865. The predicted octanol–water partition coefficient (Wildman–Crippen LogP) is 2.05. The third kappa shape index (κ3) is 3.61. The van der Waals surface area contributed by atoms with Gasteiger partial charge in [0.2, 0.25) is 5.91 Å². The molecule has 5 nitrogen and oxygen atoms in total. The minimum Gasteiger partial charge on any atom is -0.340 e. The highest BCUT2D eigenvalue weighted by molar-refractivity contribution is 5.95. The van der Waals surface area contributed by atoms with Crippen molar-refractivity contribution in [2.24, 2.45) is 12.8 Å². The predicted molar refractivity (Wildman–Crippen MR) is 90.5 cm³/mol. The number of likely N-dealkylation sites (tertiary alicyclic amines) is 1. The third-order valence-corrected chi connectivity index (χ3v) is 4.48. The molecule has 2 atom stereocenters. The number of nitrogens with zero attached hydrogens (tertiary/aromatic N) is 3. The summed E-state index contributed by atoms with van der Waals surface area (Å²) in [5.74, 6) is -1.60. The van der Waals surface area contributed by atoms with Crippen LogP contribution in [-0.4, -0.2) is 39.5 Å². The number of imidazole rings is 1. The van der Waals surface area contributed by atoms with Gasteiger partial charge in [0.25, 0.3) is 0 Å². The standard InChI is InChI=1S/C18H20F2N4O/c1-11(13-4-3-12(19)6-15(13)20)5-18(25)24-7-14(16(21)8-24)17-9-23(2)10-22-17/h3-6,9-10,14,16H,7-8,21H2,1-2H3/b11-5+/t14-,16-/m1/s1. The number of carbonyl (C=O) groups is 1. The summed E-state index contributed by atoms with van der Waals surface area (Å²) in [6, 6.07) is 3.11. The molecule has 1 aromatic carbocycles. The molecule has 132 valence electrons. The van der Waals surface area contributed by atoms with Gasteiger partial charge in [-0.15, -0.1) is 0 Å². The van der Waals surface area contributed by atoms with Gasteiger partial charge in [-0.2, -0.15) is 0 Å². The van der Waals surface area contributed by atoms with Crippen molar-refractivity contribution in [2.45, 2.75) is 18.9 Å². The molecule has 0 aliphatic carbocycles. The zero-order valence-electron chi connectivity index (χ0n) is 14.1. The average Bonchev–Trinajstić information content (AvgIpc) is 3.12. The fourth-order valence-electron chi connectivity index (χ4n) is 3.11. The summed E-state index contributed by atoms with van der Waals surface area (Å²) >= 11 is 0. The first-order chi connectivity index (χ1) is 11.8. The number of halogens is 2. The smallest absolute Gasteiger partial charge is 0.246 e. The highest BCUT2D eigenvalue weighted by Crippen LogP contribution is 2.26. The first kappa shape index (κ1) is 17.3. The van der Waals surface area contributed by atoms with Crippen LogP contribution in [0.25, 0.3) is 5.57 Å². The molecule has 1 aliphatic rings. The summed E-state index contributed by atoms with van der Waals surface area (Å²) in [5, 5.41) is 0. The monoisotopic (exact) mass is 346 g/mol. The number of nitrogens with two attached hydrogens (primary N) is 1. The SMILES string of the molecule is C/C(=C\C(=O)N1C[C@@H](N)[C@H](c2cn(C)cn2)C1)c1ccc(F)cc1F. The summed E-state index contributed by atoms with van der Waals surface area (Å²) in [5.41, 5.74) is 7.67. The highest BCUT2D eigenvalue weighted by Gasteiger charge is 2.34. The Hall–Kier alpha value is -2.54. The fraction of sp³-hybridized carbons (Fsp3) is 0.333. The molecule has 3 rings (SSSR count). The second kappa shape index (κ2) is 6.76. The minimum atomic E-state index is -0.689. The van der Waals surface area contributed by atoms with Gasteiger partial charge in [0.15, 0.2) is 0 Å². The van der Waals surface area contributed by atoms with Crippen molar-refractivity contribution in [3.8, 4) is 0 Å². The van der Waals surface area contributed by atoms with E-state index in [1.807, 2.05) is 17.8 Å². The lowest BCUT2D eigenvalue weighted by Gasteiger charge is -2.14. The fourth-order valence-corrected chi connectivity index (χ4v) is 3.11. The summed E-state index contributed by atoms with van der Waals surface area (Å²) in [7, 11) is 1.88. The second-order valence-electron chi connectivity index (χ2n) is 6.43. The van der Waals surface area contributed by atoms with Crippen LogP contribution in [0, 0.1) is 11.6 Å². The molecule has 0 saturated carbocycles. The number of allylic oxidation sites excluding steroid dienone is 1. The van der Waals surface area contributed by atoms with Gasteiger partial charge in [0, 0.05) is 56.0 Å². The maximum Gasteiger partial charge on any atom is 0.246 e. The Balaban J connectivity index is 1.75. The van der Waals surface area contributed by atoms with Crippen molar-refractivity contribution in [1.82, 2.24) is 14.5 Å². The van der Waals surface area contributed by atoms with Crippen LogP contribution in [0.2, 0.25) is 0 Å². The molecule has 2 aromatic rings. The normalized spacial score (nSPS) is 21.0. The van der Waals surface area contributed by atoms with Crippen molar-refractivity contribution in [2.75, 3.05) is 13.1 Å². The van der Waals surface area contributed by atoms with Crippen LogP contribution >= 0.6 is 0 Å². The van der Waals surface area contributed by atoms with E-state index in [4.69, 9.17) is 5.73 Å². The second-order valence-corrected chi connectivity index (χ2v) is 6.43. The molecule has 1 aliphatic heterocycles. The number of amides is 1. The van der Waals surface area contributed by atoms with E-state index < -0.39 is 11.6 Å². The van der Waals surface area contributed by atoms with Crippen molar-refractivity contribution >= 4 is 11.5 Å². The average molecular weight is 346 g/mol. The Morgan fingerprint density at radius 1 is 1.36 bits per heavy atom. The lowest BCUT2D eigenvalue weighted by Crippen LogP contribution is -2.31. The van der Waals surface area contributed by atoms with E-state index in [0.717, 1.165) is 11.8 Å². The van der Waals surface area contributed by atoms with Crippen molar-refractivity contribution < 1.29 is 13.6 Å². The molecule has 2 heterocycles. The maximum absolute atomic E-state index is 13.8. The molecule has 0 bridgehead atoms. The third-order valence-electron chi connectivity index (χ3n) is 4.48. The molecule has 7 heteroatoms. The number of aromatic nitrogens is 2. The number of hydrogen-bond acceptors (Lipinski definition) is 3. The van der Waals surface area contributed by atoms with Gasteiger partial charge in [0.1, 0.15) is 11.6 Å². The molecule has 2 N–H and O–H groups in total. The summed E-state index contributed by atoms with van der Waals surface area (Å²) in [6.07, 6.45) is 4.96. The minimum absolute atomic E-state index is 0.0265. The molecule has 1 aromatic heterocycles. The first-order valence-corrected chi connectivity index (χ1v) is 8.01. The Morgan fingerprint density at radius 3 is 2.76 bits per heavy atom. The molecule has 1 amide bonds. The van der Waals surface area contributed by atoms with E-state index in [1.54, 1.807) is 18.2 Å². The lowest BCUT2D eigenvalue weighted by atomic mass is 10.0. The van der Waals surface area contributed by atoms with Crippen LogP contribution < -0.4 is 5.73 Å². The number of rotatable bonds is 3. The van der Waals surface area contributed by atoms with Gasteiger partial charge in [-0.3, -0.25) is 4.79 Å². The number of benzene rings is 1. The number of aryl methyl sites for hydroxylation is 1. The van der Waals surface area contributed by atoms with Crippen molar-refractivity contribution in [1.29, 1.82) is 0 Å². The zero-order valence-corrected chi connectivity index (χ0v) is 14.1. The largest absolute Gasteiger partial charge is 0.340 e. The van der Waals surface area contributed by atoms with Crippen LogP contribution in [0.15, 0.2) is 36.8 Å². The van der Waals surface area contributed by atoms with Gasteiger partial charge in [-0.05, 0) is 24.6 Å². The molecule has 0 radical (unpaired) electrons. The van der Waals surface area contributed by atoms with Gasteiger partial charge >= 0.3 is 0 Å². The van der Waals surface area contributed by atoms with Gasteiger partial charge in [0.05, 0.1) is 12.0 Å². The molecule has 25 heavy (non-hydrogen) atoms. The van der Waals surface area contributed by atoms with E-state index >= 15 is 0 Å². The molecule has 0 spiro atoms. The van der Waals surface area contributed by atoms with E-state index in [1.165, 1.54) is 18.2 Å². The Labute approximate surface area is 144 Å². The molecule has 1 saturated heterocycles. The van der Waals surface area contributed by atoms with Crippen LogP contribution in [0.4, 0.5) is 8.78 Å². The van der Waals surface area contributed by atoms with Gasteiger partial charge < -0.3 is 15.2 Å². The number of carbonyl (C=O) groups excluding carboxylic acids is 1. The zero-order chi connectivity index (χ0) is 18.1. The topological polar surface area (TPSA) is 64.2 Å². The van der Waals surface area contributed by atoms with Crippen LogP contribution in [0.1, 0.15) is 24.1 Å². The van der Waals surface area contributed by atoms with E-state index in [2.05, 4.69) is 4.98 Å².